The van der Waals surface area contributed by atoms with Crippen LogP contribution in [0.4, 0.5) is 11.8 Å². The van der Waals surface area contributed by atoms with Gasteiger partial charge in [0.15, 0.2) is 0 Å². The number of nitrogens with one attached hydrogen (secondary N) is 3. The van der Waals surface area contributed by atoms with Crippen LogP contribution in [0.15, 0.2) is 16.9 Å². The number of amides is 1. The second kappa shape index (κ2) is 7.56. The zero-order chi connectivity index (χ0) is 18.7. The first-order chi connectivity index (χ1) is 12.4. The summed E-state index contributed by atoms with van der Waals surface area (Å²) in [5, 5.41) is 14.1. The van der Waals surface area contributed by atoms with E-state index in [-0.39, 0.29) is 23.3 Å². The molecule has 1 unspecified atom stereocenters. The van der Waals surface area contributed by atoms with Crippen LogP contribution in [0.3, 0.4) is 0 Å². The van der Waals surface area contributed by atoms with Gasteiger partial charge in [-0.3, -0.25) is 19.4 Å². The molecule has 10 heteroatoms. The number of aromatic nitrogens is 2. The molecular formula is C16H19N5O4S. The molecule has 0 aliphatic carbocycles. The van der Waals surface area contributed by atoms with Gasteiger partial charge in [0.25, 0.3) is 11.5 Å². The minimum Gasteiger partial charge on any atom is -0.480 e. The Kier molecular flexibility index (Phi) is 5.21. The molecule has 0 saturated carbocycles. The zero-order valence-corrected chi connectivity index (χ0v) is 14.7. The number of hydrogen-bond donors (Lipinski definition) is 5. The number of carboxylic acids is 1. The van der Waals surface area contributed by atoms with Crippen molar-refractivity contribution >= 4 is 35.0 Å². The molecular weight excluding hydrogens is 358 g/mol. The van der Waals surface area contributed by atoms with Crippen molar-refractivity contribution < 1.29 is 14.7 Å². The molecule has 3 heterocycles. The fourth-order valence-corrected chi connectivity index (χ4v) is 3.82. The first-order valence-electron chi connectivity index (χ1n) is 8.13. The molecule has 9 nitrogen and oxygen atoms in total. The summed E-state index contributed by atoms with van der Waals surface area (Å²) in [5.74, 6) is -0.526. The van der Waals surface area contributed by atoms with Gasteiger partial charge in [0.1, 0.15) is 12.4 Å². The van der Waals surface area contributed by atoms with Gasteiger partial charge >= 0.3 is 5.97 Å². The van der Waals surface area contributed by atoms with Gasteiger partial charge in [-0.1, -0.05) is 0 Å². The van der Waals surface area contributed by atoms with Crippen molar-refractivity contribution in [2.75, 3.05) is 24.1 Å². The lowest BCUT2D eigenvalue weighted by Gasteiger charge is -2.24. The van der Waals surface area contributed by atoms with Crippen LogP contribution in [0.5, 0.6) is 0 Å². The van der Waals surface area contributed by atoms with Crippen LogP contribution in [0, 0.1) is 5.92 Å². The van der Waals surface area contributed by atoms with E-state index in [4.69, 9.17) is 10.8 Å². The molecule has 0 bridgehead atoms. The average molecular weight is 377 g/mol. The number of hydrogen-bond acceptors (Lipinski definition) is 7. The van der Waals surface area contributed by atoms with Crippen molar-refractivity contribution in [3.05, 3.63) is 37.8 Å². The van der Waals surface area contributed by atoms with Gasteiger partial charge in [-0.15, -0.1) is 11.3 Å². The molecule has 0 saturated heterocycles. The summed E-state index contributed by atoms with van der Waals surface area (Å²) in [6.07, 6.45) is 2.26. The highest BCUT2D eigenvalue weighted by atomic mass is 32.1. The van der Waals surface area contributed by atoms with Gasteiger partial charge in [0, 0.05) is 11.4 Å². The van der Waals surface area contributed by atoms with Crippen molar-refractivity contribution in [1.82, 2.24) is 15.3 Å². The van der Waals surface area contributed by atoms with Crippen LogP contribution in [-0.4, -0.2) is 40.0 Å². The number of carbonyl (C=O) groups excluding carboxylic acids is 1. The SMILES string of the molecule is Nc1nc2c(c(=O)[nH]1)CC(CCc1ccc(C(=O)NCC(=O)O)s1)CN2. The van der Waals surface area contributed by atoms with Gasteiger partial charge in [0.2, 0.25) is 5.95 Å². The maximum absolute atomic E-state index is 12.0. The van der Waals surface area contributed by atoms with Crippen molar-refractivity contribution in [2.24, 2.45) is 5.92 Å². The fourth-order valence-electron chi connectivity index (χ4n) is 2.88. The van der Waals surface area contributed by atoms with Crippen LogP contribution < -0.4 is 21.9 Å². The lowest BCUT2D eigenvalue weighted by molar-refractivity contribution is -0.135. The van der Waals surface area contributed by atoms with Crippen molar-refractivity contribution in [3.63, 3.8) is 0 Å². The fraction of sp³-hybridized carbons (Fsp3) is 0.375. The smallest absolute Gasteiger partial charge is 0.322 e. The first kappa shape index (κ1) is 17.9. The van der Waals surface area contributed by atoms with E-state index < -0.39 is 12.5 Å². The van der Waals surface area contributed by atoms with E-state index in [9.17, 15) is 14.4 Å². The third kappa shape index (κ3) is 4.20. The molecule has 3 rings (SSSR count). The molecule has 6 N–H and O–H groups in total. The molecule has 0 fully saturated rings. The molecule has 0 aromatic carbocycles. The van der Waals surface area contributed by atoms with Gasteiger partial charge in [-0.2, -0.15) is 4.98 Å². The number of H-pyrrole nitrogens is 1. The molecule has 0 spiro atoms. The standard InChI is InChI=1S/C16H19N5O4S/c17-16-20-13-10(14(24)21-16)5-8(6-18-13)1-2-9-3-4-11(26-9)15(25)19-7-12(22)23/h3-4,8H,1-2,5-7H2,(H,19,25)(H,22,23)(H4,17,18,20,21,24). The van der Waals surface area contributed by atoms with E-state index in [0.29, 0.717) is 29.2 Å². The Hall–Kier alpha value is -2.88. The number of fused-ring (bicyclic) bond motifs is 1. The van der Waals surface area contributed by atoms with Gasteiger partial charge in [-0.05, 0) is 37.3 Å². The summed E-state index contributed by atoms with van der Waals surface area (Å²) in [5.41, 5.74) is 5.96. The Morgan fingerprint density at radius 1 is 1.42 bits per heavy atom. The van der Waals surface area contributed by atoms with E-state index >= 15 is 0 Å². The van der Waals surface area contributed by atoms with Gasteiger partial charge in [0.05, 0.1) is 10.4 Å². The molecule has 1 amide bonds. The van der Waals surface area contributed by atoms with Gasteiger partial charge in [-0.25, -0.2) is 0 Å². The third-order valence-corrected chi connectivity index (χ3v) is 5.31. The van der Waals surface area contributed by atoms with E-state index in [0.717, 1.165) is 17.7 Å². The van der Waals surface area contributed by atoms with Crippen LogP contribution in [0.2, 0.25) is 0 Å². The Morgan fingerprint density at radius 3 is 3.00 bits per heavy atom. The van der Waals surface area contributed by atoms with Crippen LogP contribution in [-0.2, 0) is 17.6 Å². The second-order valence-corrected chi connectivity index (χ2v) is 7.28. The second-order valence-electron chi connectivity index (χ2n) is 6.11. The minimum absolute atomic E-state index is 0.104. The third-order valence-electron chi connectivity index (χ3n) is 4.17. The summed E-state index contributed by atoms with van der Waals surface area (Å²) >= 11 is 1.35. The maximum atomic E-state index is 12.0. The number of carboxylic acid groups (broad SMARTS) is 1. The van der Waals surface area contributed by atoms with E-state index in [1.54, 1.807) is 6.07 Å². The molecule has 1 atom stereocenters. The Morgan fingerprint density at radius 2 is 2.23 bits per heavy atom. The number of aromatic amines is 1. The number of anilines is 2. The number of aryl methyl sites for hydroxylation is 1. The number of nitrogen functional groups attached to an aromatic ring is 1. The number of nitrogens with two attached hydrogens (primary N) is 1. The number of thiophene rings is 1. The average Bonchev–Trinajstić information content (AvgIpc) is 3.07. The van der Waals surface area contributed by atoms with Crippen molar-refractivity contribution in [3.8, 4) is 0 Å². The monoisotopic (exact) mass is 377 g/mol. The number of aliphatic carboxylic acids is 1. The maximum Gasteiger partial charge on any atom is 0.322 e. The van der Waals surface area contributed by atoms with E-state index in [1.807, 2.05) is 6.07 Å². The Labute approximate surface area is 152 Å². The quantitative estimate of drug-likeness (QED) is 0.490. The molecule has 26 heavy (non-hydrogen) atoms. The highest BCUT2D eigenvalue weighted by Gasteiger charge is 2.22. The van der Waals surface area contributed by atoms with E-state index in [1.165, 1.54) is 11.3 Å². The molecule has 138 valence electrons. The largest absolute Gasteiger partial charge is 0.480 e. The Bertz CT molecular complexity index is 891. The summed E-state index contributed by atoms with van der Waals surface area (Å²) in [7, 11) is 0. The molecule has 2 aromatic heterocycles. The number of carbonyl (C=O) groups is 2. The lowest BCUT2D eigenvalue weighted by Crippen LogP contribution is -2.30. The summed E-state index contributed by atoms with van der Waals surface area (Å²) in [6.45, 7) is 0.312. The van der Waals surface area contributed by atoms with Crippen LogP contribution in [0.1, 0.15) is 26.5 Å². The lowest BCUT2D eigenvalue weighted by atomic mass is 9.92. The summed E-state index contributed by atoms with van der Waals surface area (Å²) < 4.78 is 0. The predicted octanol–water partition coefficient (Wildman–Crippen LogP) is 0.445. The van der Waals surface area contributed by atoms with E-state index in [2.05, 4.69) is 20.6 Å². The Balaban J connectivity index is 1.56. The van der Waals surface area contributed by atoms with Crippen LogP contribution in [0.25, 0.3) is 0 Å². The molecule has 1 aliphatic rings. The molecule has 2 aromatic rings. The molecule has 0 radical (unpaired) electrons. The summed E-state index contributed by atoms with van der Waals surface area (Å²) in [6, 6.07) is 3.57. The predicted molar refractivity (Wildman–Crippen MR) is 97.6 cm³/mol. The van der Waals surface area contributed by atoms with Crippen molar-refractivity contribution in [2.45, 2.75) is 19.3 Å². The highest BCUT2D eigenvalue weighted by Crippen LogP contribution is 2.25. The summed E-state index contributed by atoms with van der Waals surface area (Å²) in [4.78, 5) is 42.5. The van der Waals surface area contributed by atoms with Crippen LogP contribution >= 0.6 is 11.3 Å². The minimum atomic E-state index is -1.08. The van der Waals surface area contributed by atoms with Gasteiger partial charge < -0.3 is 21.5 Å². The number of rotatable bonds is 6. The zero-order valence-electron chi connectivity index (χ0n) is 13.9. The normalized spacial score (nSPS) is 15.8. The molecule has 1 aliphatic heterocycles. The van der Waals surface area contributed by atoms with Crippen molar-refractivity contribution in [1.29, 1.82) is 0 Å². The topological polar surface area (TPSA) is 150 Å². The first-order valence-corrected chi connectivity index (χ1v) is 8.95. The number of nitrogens with zero attached hydrogens (tertiary/aromatic N) is 1. The highest BCUT2D eigenvalue weighted by molar-refractivity contribution is 7.14.